The van der Waals surface area contributed by atoms with Gasteiger partial charge in [0, 0.05) is 17.1 Å². The van der Waals surface area contributed by atoms with Crippen LogP contribution in [0.15, 0.2) is 54.1 Å². The molecule has 7 heteroatoms. The Morgan fingerprint density at radius 2 is 1.88 bits per heavy atom. The van der Waals surface area contributed by atoms with Crippen molar-refractivity contribution in [2.75, 3.05) is 13.9 Å². The molecule has 3 aromatic rings. The zero-order chi connectivity index (χ0) is 23.5. The number of hydrogen-bond acceptors (Lipinski definition) is 5. The van der Waals surface area contributed by atoms with E-state index in [1.54, 1.807) is 13.2 Å². The quantitative estimate of drug-likeness (QED) is 0.444. The van der Waals surface area contributed by atoms with Gasteiger partial charge in [0.25, 0.3) is 5.91 Å². The van der Waals surface area contributed by atoms with Crippen molar-refractivity contribution in [1.29, 1.82) is 5.26 Å². The van der Waals surface area contributed by atoms with E-state index in [1.807, 2.05) is 75.4 Å². The largest absolute Gasteiger partial charge is 0.497 e. The van der Waals surface area contributed by atoms with Gasteiger partial charge in [-0.3, -0.25) is 4.79 Å². The van der Waals surface area contributed by atoms with E-state index >= 15 is 0 Å². The van der Waals surface area contributed by atoms with Crippen molar-refractivity contribution in [2.24, 2.45) is 0 Å². The topological polar surface area (TPSA) is 85.5 Å². The van der Waals surface area contributed by atoms with Crippen LogP contribution in [0.25, 0.3) is 11.8 Å². The van der Waals surface area contributed by atoms with E-state index < -0.39 is 5.91 Å². The van der Waals surface area contributed by atoms with E-state index in [2.05, 4.69) is 9.88 Å². The minimum Gasteiger partial charge on any atom is -0.497 e. The number of fused-ring (bicyclic) bond motifs is 1. The van der Waals surface area contributed by atoms with Gasteiger partial charge in [-0.2, -0.15) is 5.26 Å². The summed E-state index contributed by atoms with van der Waals surface area (Å²) in [6.07, 6.45) is 1.63. The van der Waals surface area contributed by atoms with E-state index in [-0.39, 0.29) is 18.4 Å². The van der Waals surface area contributed by atoms with Crippen LogP contribution < -0.4 is 19.5 Å². The van der Waals surface area contributed by atoms with Gasteiger partial charge in [0.1, 0.15) is 17.4 Å². The number of hydrogen-bond donors (Lipinski definition) is 1. The number of carbonyl (C=O) groups is 1. The smallest absolute Gasteiger partial charge is 0.262 e. The summed E-state index contributed by atoms with van der Waals surface area (Å²) in [5.41, 5.74) is 4.62. The lowest BCUT2D eigenvalue weighted by Gasteiger charge is -2.14. The van der Waals surface area contributed by atoms with Crippen LogP contribution in [0.4, 0.5) is 0 Å². The number of ether oxygens (including phenoxy) is 3. The number of amides is 1. The van der Waals surface area contributed by atoms with E-state index in [9.17, 15) is 10.1 Å². The molecule has 1 aliphatic heterocycles. The number of carbonyl (C=O) groups excluding carboxylic acids is 1. The molecule has 0 spiro atoms. The Balaban J connectivity index is 1.56. The molecule has 168 valence electrons. The Bertz CT molecular complexity index is 1270. The average Bonchev–Trinajstić information content (AvgIpc) is 3.40. The molecule has 4 rings (SSSR count). The highest BCUT2D eigenvalue weighted by molar-refractivity contribution is 6.02. The fraction of sp³-hybridized carbons (Fsp3) is 0.231. The van der Waals surface area contributed by atoms with Crippen LogP contribution in [-0.2, 0) is 4.79 Å². The van der Waals surface area contributed by atoms with Crippen molar-refractivity contribution < 1.29 is 19.0 Å². The lowest BCUT2D eigenvalue weighted by atomic mass is 10.1. The SMILES string of the molecule is COc1ccc(-n2c(C)cc(C=C(C#N)C(=O)NC(C)c3ccc4c(c3)OCO4)c2C)cc1. The maximum Gasteiger partial charge on any atom is 0.262 e. The zero-order valence-corrected chi connectivity index (χ0v) is 19.0. The van der Waals surface area contributed by atoms with Gasteiger partial charge < -0.3 is 24.1 Å². The van der Waals surface area contributed by atoms with Crippen LogP contribution in [0, 0.1) is 25.2 Å². The van der Waals surface area contributed by atoms with Crippen LogP contribution in [0.2, 0.25) is 0 Å². The first-order valence-corrected chi connectivity index (χ1v) is 10.6. The number of nitriles is 1. The standard InChI is InChI=1S/C26H25N3O4/c1-16-11-20(18(3)29(16)22-6-8-23(31-4)9-7-22)12-21(14-27)26(30)28-17(2)19-5-10-24-25(13-19)33-15-32-24/h5-13,17H,15H2,1-4H3,(H,28,30). The fourth-order valence-electron chi connectivity index (χ4n) is 3.91. The summed E-state index contributed by atoms with van der Waals surface area (Å²) in [5.74, 6) is 1.68. The fourth-order valence-corrected chi connectivity index (χ4v) is 3.91. The molecule has 0 saturated carbocycles. The molecular weight excluding hydrogens is 418 g/mol. The molecule has 1 amide bonds. The van der Waals surface area contributed by atoms with E-state index in [0.29, 0.717) is 11.5 Å². The van der Waals surface area contributed by atoms with E-state index in [0.717, 1.165) is 34.0 Å². The van der Waals surface area contributed by atoms with Crippen LogP contribution in [0.1, 0.15) is 35.5 Å². The summed E-state index contributed by atoms with van der Waals surface area (Å²) in [4.78, 5) is 12.9. The highest BCUT2D eigenvalue weighted by Gasteiger charge is 2.19. The first kappa shape index (κ1) is 22.0. The lowest BCUT2D eigenvalue weighted by Crippen LogP contribution is -2.27. The number of benzene rings is 2. The van der Waals surface area contributed by atoms with Crippen molar-refractivity contribution in [3.05, 3.63) is 76.6 Å². The second kappa shape index (κ2) is 9.13. The molecule has 2 aromatic carbocycles. The summed E-state index contributed by atoms with van der Waals surface area (Å²) in [5, 5.41) is 12.6. The predicted molar refractivity (Wildman–Crippen MR) is 125 cm³/mol. The highest BCUT2D eigenvalue weighted by Crippen LogP contribution is 2.34. The van der Waals surface area contributed by atoms with Gasteiger partial charge in [-0.05, 0) is 80.4 Å². The Kier molecular flexibility index (Phi) is 6.09. The molecule has 2 heterocycles. The summed E-state index contributed by atoms with van der Waals surface area (Å²) in [6.45, 7) is 6.00. The highest BCUT2D eigenvalue weighted by atomic mass is 16.7. The molecular formula is C26H25N3O4. The van der Waals surface area contributed by atoms with Gasteiger partial charge >= 0.3 is 0 Å². The van der Waals surface area contributed by atoms with Gasteiger partial charge in [-0.15, -0.1) is 0 Å². The summed E-state index contributed by atoms with van der Waals surface area (Å²) < 4.78 is 18.1. The molecule has 0 saturated heterocycles. The van der Waals surface area contributed by atoms with Crippen molar-refractivity contribution >= 4 is 12.0 Å². The van der Waals surface area contributed by atoms with Crippen LogP contribution in [-0.4, -0.2) is 24.4 Å². The number of aryl methyl sites for hydroxylation is 1. The molecule has 1 N–H and O–H groups in total. The minimum atomic E-state index is -0.433. The van der Waals surface area contributed by atoms with Crippen LogP contribution in [0.3, 0.4) is 0 Å². The molecule has 0 aliphatic carbocycles. The molecule has 7 nitrogen and oxygen atoms in total. The molecule has 0 radical (unpaired) electrons. The number of nitrogens with zero attached hydrogens (tertiary/aromatic N) is 2. The van der Waals surface area contributed by atoms with Gasteiger partial charge in [-0.1, -0.05) is 6.07 Å². The Hall–Kier alpha value is -4.18. The van der Waals surface area contributed by atoms with Gasteiger partial charge in [-0.25, -0.2) is 0 Å². The van der Waals surface area contributed by atoms with Crippen LogP contribution in [0.5, 0.6) is 17.2 Å². The van der Waals surface area contributed by atoms with Crippen LogP contribution >= 0.6 is 0 Å². The first-order chi connectivity index (χ1) is 15.9. The number of rotatable bonds is 6. The monoisotopic (exact) mass is 443 g/mol. The Labute approximate surface area is 192 Å². The predicted octanol–water partition coefficient (Wildman–Crippen LogP) is 4.62. The second-order valence-corrected chi connectivity index (χ2v) is 7.84. The average molecular weight is 444 g/mol. The van der Waals surface area contributed by atoms with E-state index in [1.165, 1.54) is 0 Å². The Morgan fingerprint density at radius 1 is 1.15 bits per heavy atom. The van der Waals surface area contributed by atoms with Crippen molar-refractivity contribution in [3.63, 3.8) is 0 Å². The van der Waals surface area contributed by atoms with E-state index in [4.69, 9.17) is 14.2 Å². The van der Waals surface area contributed by atoms with Gasteiger partial charge in [0.15, 0.2) is 11.5 Å². The van der Waals surface area contributed by atoms with Crippen molar-refractivity contribution in [1.82, 2.24) is 9.88 Å². The van der Waals surface area contributed by atoms with Crippen molar-refractivity contribution in [2.45, 2.75) is 26.8 Å². The minimum absolute atomic E-state index is 0.0394. The Morgan fingerprint density at radius 3 is 2.58 bits per heavy atom. The number of methoxy groups -OCH3 is 1. The molecule has 1 aromatic heterocycles. The molecule has 0 fully saturated rings. The first-order valence-electron chi connectivity index (χ1n) is 10.6. The van der Waals surface area contributed by atoms with Gasteiger partial charge in [0.05, 0.1) is 13.2 Å². The lowest BCUT2D eigenvalue weighted by molar-refractivity contribution is -0.117. The third-order valence-corrected chi connectivity index (χ3v) is 5.71. The molecule has 0 bridgehead atoms. The third-order valence-electron chi connectivity index (χ3n) is 5.71. The van der Waals surface area contributed by atoms with Crippen molar-refractivity contribution in [3.8, 4) is 29.0 Å². The second-order valence-electron chi connectivity index (χ2n) is 7.84. The normalized spacial score (nSPS) is 13.4. The summed E-state index contributed by atoms with van der Waals surface area (Å²) in [7, 11) is 1.63. The molecule has 1 atom stereocenters. The summed E-state index contributed by atoms with van der Waals surface area (Å²) in [6, 6.07) is 17.0. The molecule has 1 aliphatic rings. The molecule has 1 unspecified atom stereocenters. The van der Waals surface area contributed by atoms with Gasteiger partial charge in [0.2, 0.25) is 6.79 Å². The zero-order valence-electron chi connectivity index (χ0n) is 19.0. The maximum atomic E-state index is 12.9. The maximum absolute atomic E-state index is 12.9. The number of nitrogens with one attached hydrogen (secondary N) is 1. The third kappa shape index (κ3) is 4.41. The molecule has 33 heavy (non-hydrogen) atoms. The summed E-state index contributed by atoms with van der Waals surface area (Å²) >= 11 is 0. The number of aromatic nitrogens is 1.